The van der Waals surface area contributed by atoms with Gasteiger partial charge in [-0.05, 0) is 80.6 Å². The van der Waals surface area contributed by atoms with Crippen molar-refractivity contribution in [1.29, 1.82) is 0 Å². The molecule has 0 bridgehead atoms. The number of Topliss-reactive ketones (excluding diaryl/α,β-unsaturated/α-hetero) is 1. The standard InChI is InChI=1S/C20H28O3/c1-11(21)14-5-6-15-16-4-3-12-9-13(22)7-8-20(12,2)19(16)18(23)10-17(14)15/h9,14-19,23H,3-8,10H2,1-2H3/t14-,15+,16+,17?,18-,19-,20+/m1/s1. The summed E-state index contributed by atoms with van der Waals surface area (Å²) >= 11 is 0. The highest BCUT2D eigenvalue weighted by atomic mass is 16.3. The first-order valence-corrected chi connectivity index (χ1v) is 9.34. The predicted octanol–water partition coefficient (Wildman–Crippen LogP) is 3.30. The summed E-state index contributed by atoms with van der Waals surface area (Å²) in [5.74, 6) is 2.56. The molecule has 1 unspecified atom stereocenters. The average molecular weight is 316 g/mol. The lowest BCUT2D eigenvalue weighted by atomic mass is 9.48. The van der Waals surface area contributed by atoms with E-state index in [1.165, 1.54) is 5.57 Å². The number of aliphatic hydroxyl groups excluding tert-OH is 1. The summed E-state index contributed by atoms with van der Waals surface area (Å²) in [6.45, 7) is 4.00. The number of aliphatic hydroxyl groups is 1. The molecule has 4 aliphatic rings. The smallest absolute Gasteiger partial charge is 0.155 e. The highest BCUT2D eigenvalue weighted by Gasteiger charge is 2.58. The second-order valence-electron chi connectivity index (χ2n) is 8.71. The summed E-state index contributed by atoms with van der Waals surface area (Å²) in [7, 11) is 0. The minimum Gasteiger partial charge on any atom is -0.393 e. The largest absolute Gasteiger partial charge is 0.393 e. The number of rotatable bonds is 1. The Bertz CT molecular complexity index is 577. The molecular formula is C20H28O3. The molecule has 0 aliphatic heterocycles. The molecule has 0 saturated heterocycles. The average Bonchev–Trinajstić information content (AvgIpc) is 2.91. The van der Waals surface area contributed by atoms with Crippen LogP contribution < -0.4 is 0 Å². The van der Waals surface area contributed by atoms with Crippen LogP contribution in [0.3, 0.4) is 0 Å². The van der Waals surface area contributed by atoms with Crippen molar-refractivity contribution < 1.29 is 14.7 Å². The number of carbonyl (C=O) groups is 2. The fourth-order valence-corrected chi connectivity index (χ4v) is 6.78. The summed E-state index contributed by atoms with van der Waals surface area (Å²) in [6, 6.07) is 0. The van der Waals surface area contributed by atoms with Gasteiger partial charge in [0, 0.05) is 12.3 Å². The molecule has 0 amide bonds. The monoisotopic (exact) mass is 316 g/mol. The Labute approximate surface area is 138 Å². The molecule has 3 nitrogen and oxygen atoms in total. The van der Waals surface area contributed by atoms with Gasteiger partial charge in [0.25, 0.3) is 0 Å². The number of allylic oxidation sites excluding steroid dienone is 1. The number of hydrogen-bond acceptors (Lipinski definition) is 3. The molecule has 0 aromatic heterocycles. The van der Waals surface area contributed by atoms with E-state index in [4.69, 9.17) is 0 Å². The van der Waals surface area contributed by atoms with Gasteiger partial charge in [-0.25, -0.2) is 0 Å². The van der Waals surface area contributed by atoms with E-state index in [9.17, 15) is 14.7 Å². The molecule has 0 aromatic rings. The van der Waals surface area contributed by atoms with Crippen LogP contribution in [0, 0.1) is 35.0 Å². The van der Waals surface area contributed by atoms with Gasteiger partial charge in [0.2, 0.25) is 0 Å². The molecule has 4 rings (SSSR count). The zero-order valence-corrected chi connectivity index (χ0v) is 14.3. The minimum atomic E-state index is -0.317. The van der Waals surface area contributed by atoms with Gasteiger partial charge in [0.05, 0.1) is 6.10 Å². The maximum absolute atomic E-state index is 12.0. The molecule has 0 spiro atoms. The van der Waals surface area contributed by atoms with Crippen LogP contribution in [0.15, 0.2) is 11.6 Å². The van der Waals surface area contributed by atoms with Crippen molar-refractivity contribution in [3.05, 3.63) is 11.6 Å². The Balaban J connectivity index is 1.68. The predicted molar refractivity (Wildman–Crippen MR) is 87.7 cm³/mol. The first kappa shape index (κ1) is 15.6. The molecule has 1 N–H and O–H groups in total. The zero-order chi connectivity index (χ0) is 16.4. The van der Waals surface area contributed by atoms with Gasteiger partial charge in [-0.1, -0.05) is 12.5 Å². The zero-order valence-electron chi connectivity index (χ0n) is 14.3. The van der Waals surface area contributed by atoms with Crippen LogP contribution >= 0.6 is 0 Å². The van der Waals surface area contributed by atoms with E-state index in [-0.39, 0.29) is 29.1 Å². The molecule has 0 aromatic carbocycles. The van der Waals surface area contributed by atoms with E-state index in [0.29, 0.717) is 30.0 Å². The van der Waals surface area contributed by atoms with Gasteiger partial charge < -0.3 is 5.11 Å². The highest BCUT2D eigenvalue weighted by molar-refractivity contribution is 5.91. The van der Waals surface area contributed by atoms with E-state index in [1.807, 2.05) is 6.08 Å². The second-order valence-corrected chi connectivity index (χ2v) is 8.71. The van der Waals surface area contributed by atoms with Crippen LogP contribution in [-0.4, -0.2) is 22.8 Å². The summed E-state index contributed by atoms with van der Waals surface area (Å²) in [5.41, 5.74) is 1.28. The quantitative estimate of drug-likeness (QED) is 0.807. The van der Waals surface area contributed by atoms with E-state index in [2.05, 4.69) is 6.92 Å². The van der Waals surface area contributed by atoms with Crippen LogP contribution in [0.25, 0.3) is 0 Å². The third-order valence-corrected chi connectivity index (χ3v) is 7.78. The Morgan fingerprint density at radius 2 is 1.96 bits per heavy atom. The maximum atomic E-state index is 12.0. The summed E-state index contributed by atoms with van der Waals surface area (Å²) < 4.78 is 0. The minimum absolute atomic E-state index is 0.00444. The van der Waals surface area contributed by atoms with Crippen molar-refractivity contribution in [2.24, 2.45) is 35.0 Å². The maximum Gasteiger partial charge on any atom is 0.155 e. The number of fused-ring (bicyclic) bond motifs is 5. The molecule has 4 aliphatic carbocycles. The molecule has 3 saturated carbocycles. The van der Waals surface area contributed by atoms with Crippen molar-refractivity contribution in [2.45, 2.75) is 64.9 Å². The van der Waals surface area contributed by atoms with Crippen molar-refractivity contribution in [2.75, 3.05) is 0 Å². The Hall–Kier alpha value is -0.960. The molecule has 126 valence electrons. The third-order valence-electron chi connectivity index (χ3n) is 7.78. The molecule has 0 heterocycles. The van der Waals surface area contributed by atoms with Gasteiger partial charge in [0.1, 0.15) is 5.78 Å². The third kappa shape index (κ3) is 2.19. The summed E-state index contributed by atoms with van der Waals surface area (Å²) in [4.78, 5) is 23.8. The first-order chi connectivity index (χ1) is 10.9. The highest BCUT2D eigenvalue weighted by Crippen LogP contribution is 2.62. The normalized spacial score (nSPS) is 49.0. The Morgan fingerprint density at radius 1 is 1.17 bits per heavy atom. The number of ketones is 2. The fraction of sp³-hybridized carbons (Fsp3) is 0.800. The fourth-order valence-electron chi connectivity index (χ4n) is 6.78. The molecule has 7 atom stereocenters. The number of carbonyl (C=O) groups excluding carboxylic acids is 2. The first-order valence-electron chi connectivity index (χ1n) is 9.34. The lowest BCUT2D eigenvalue weighted by Gasteiger charge is -2.57. The molecule has 23 heavy (non-hydrogen) atoms. The van der Waals surface area contributed by atoms with Gasteiger partial charge in [-0.2, -0.15) is 0 Å². The molecule has 3 heteroatoms. The van der Waals surface area contributed by atoms with Crippen molar-refractivity contribution in [3.8, 4) is 0 Å². The lowest BCUT2D eigenvalue weighted by Crippen LogP contribution is -2.53. The van der Waals surface area contributed by atoms with Crippen LogP contribution in [0.1, 0.15) is 58.8 Å². The van der Waals surface area contributed by atoms with E-state index >= 15 is 0 Å². The van der Waals surface area contributed by atoms with Crippen molar-refractivity contribution >= 4 is 11.6 Å². The van der Waals surface area contributed by atoms with Crippen LogP contribution in [-0.2, 0) is 9.59 Å². The second kappa shape index (κ2) is 5.27. The van der Waals surface area contributed by atoms with Crippen LogP contribution in [0.2, 0.25) is 0 Å². The summed E-state index contributed by atoms with van der Waals surface area (Å²) in [6.07, 6.45) is 8.12. The topological polar surface area (TPSA) is 54.4 Å². The number of hydrogen-bond donors (Lipinski definition) is 1. The van der Waals surface area contributed by atoms with Crippen molar-refractivity contribution in [3.63, 3.8) is 0 Å². The van der Waals surface area contributed by atoms with Crippen LogP contribution in [0.5, 0.6) is 0 Å². The van der Waals surface area contributed by atoms with Crippen molar-refractivity contribution in [1.82, 2.24) is 0 Å². The Kier molecular flexibility index (Phi) is 3.57. The van der Waals surface area contributed by atoms with E-state index in [1.54, 1.807) is 6.92 Å². The van der Waals surface area contributed by atoms with Gasteiger partial charge in [-0.3, -0.25) is 9.59 Å². The van der Waals surface area contributed by atoms with Gasteiger partial charge >= 0.3 is 0 Å². The molecule has 3 fully saturated rings. The van der Waals surface area contributed by atoms with E-state index < -0.39 is 0 Å². The lowest BCUT2D eigenvalue weighted by molar-refractivity contribution is -0.129. The molecule has 0 radical (unpaired) electrons. The Morgan fingerprint density at radius 3 is 2.70 bits per heavy atom. The van der Waals surface area contributed by atoms with Gasteiger partial charge in [0.15, 0.2) is 5.78 Å². The summed E-state index contributed by atoms with van der Waals surface area (Å²) in [5, 5.41) is 11.0. The molecular weight excluding hydrogens is 288 g/mol. The van der Waals surface area contributed by atoms with E-state index in [0.717, 1.165) is 38.5 Å². The van der Waals surface area contributed by atoms with Gasteiger partial charge in [-0.15, -0.1) is 0 Å². The SMILES string of the molecule is CC(=O)[C@H]1CC[C@@H]2C1C[C@@H](O)[C@H]1[C@H]2CCC2=CC(=O)CC[C@@]21C. The van der Waals surface area contributed by atoms with Crippen LogP contribution in [0.4, 0.5) is 0 Å².